The Morgan fingerprint density at radius 2 is 1.79 bits per heavy atom. The molecule has 2 aliphatic heterocycles. The zero-order valence-electron chi connectivity index (χ0n) is 13.7. The van der Waals surface area contributed by atoms with E-state index < -0.39 is 5.54 Å². The van der Waals surface area contributed by atoms with Crippen LogP contribution in [0.1, 0.15) is 54.4 Å². The minimum absolute atomic E-state index is 0.0806. The Hall–Kier alpha value is -2.35. The van der Waals surface area contributed by atoms with Crippen molar-refractivity contribution in [2.75, 3.05) is 13.1 Å². The van der Waals surface area contributed by atoms with Gasteiger partial charge in [0.05, 0.1) is 11.6 Å². The molecule has 5 heteroatoms. The highest BCUT2D eigenvalue weighted by molar-refractivity contribution is 6.00. The summed E-state index contributed by atoms with van der Waals surface area (Å²) in [7, 11) is 0. The number of rotatable bonds is 2. The van der Waals surface area contributed by atoms with Gasteiger partial charge in [-0.2, -0.15) is 5.26 Å². The molecular weight excluding hydrogens is 302 g/mol. The van der Waals surface area contributed by atoms with Crippen molar-refractivity contribution in [2.45, 2.75) is 50.1 Å². The SMILES string of the molecule is N#Cc1ccc(C(=O)N2CCCC23CCCN(C2CC2)C3=O)cc1. The van der Waals surface area contributed by atoms with Gasteiger partial charge in [0.25, 0.3) is 5.91 Å². The number of nitriles is 1. The summed E-state index contributed by atoms with van der Waals surface area (Å²) in [6.45, 7) is 1.48. The first-order valence-electron chi connectivity index (χ1n) is 8.79. The van der Waals surface area contributed by atoms with Crippen molar-refractivity contribution < 1.29 is 9.59 Å². The first-order chi connectivity index (χ1) is 11.7. The van der Waals surface area contributed by atoms with E-state index in [9.17, 15) is 9.59 Å². The second-order valence-electron chi connectivity index (χ2n) is 7.11. The monoisotopic (exact) mass is 323 g/mol. The number of piperidine rings is 1. The summed E-state index contributed by atoms with van der Waals surface area (Å²) in [4.78, 5) is 30.0. The summed E-state index contributed by atoms with van der Waals surface area (Å²) in [5.74, 6) is 0.0822. The Balaban J connectivity index is 1.62. The van der Waals surface area contributed by atoms with Gasteiger partial charge >= 0.3 is 0 Å². The molecule has 2 heterocycles. The molecule has 1 atom stereocenters. The highest BCUT2D eigenvalue weighted by Crippen LogP contribution is 2.42. The number of carbonyl (C=O) groups excluding carboxylic acids is 2. The van der Waals surface area contributed by atoms with Gasteiger partial charge in [-0.25, -0.2) is 0 Å². The number of carbonyl (C=O) groups is 2. The molecule has 1 aliphatic carbocycles. The van der Waals surface area contributed by atoms with E-state index in [-0.39, 0.29) is 11.8 Å². The van der Waals surface area contributed by atoms with Crippen LogP contribution in [0.25, 0.3) is 0 Å². The predicted molar refractivity (Wildman–Crippen MR) is 88.1 cm³/mol. The Kier molecular flexibility index (Phi) is 3.56. The van der Waals surface area contributed by atoms with Crippen LogP contribution in [0.15, 0.2) is 24.3 Å². The van der Waals surface area contributed by atoms with Gasteiger partial charge in [-0.3, -0.25) is 9.59 Å². The molecular formula is C19H21N3O2. The van der Waals surface area contributed by atoms with Crippen LogP contribution in [0.3, 0.4) is 0 Å². The molecule has 2 amide bonds. The van der Waals surface area contributed by atoms with E-state index in [0.29, 0.717) is 23.7 Å². The smallest absolute Gasteiger partial charge is 0.254 e. The molecule has 1 aromatic carbocycles. The highest BCUT2D eigenvalue weighted by Gasteiger charge is 2.54. The first-order valence-corrected chi connectivity index (χ1v) is 8.79. The van der Waals surface area contributed by atoms with E-state index >= 15 is 0 Å². The van der Waals surface area contributed by atoms with Crippen LogP contribution >= 0.6 is 0 Å². The van der Waals surface area contributed by atoms with Crippen molar-refractivity contribution in [3.8, 4) is 6.07 Å². The summed E-state index contributed by atoms with van der Waals surface area (Å²) in [6, 6.07) is 9.18. The second kappa shape index (κ2) is 5.62. The molecule has 0 N–H and O–H groups in total. The van der Waals surface area contributed by atoms with E-state index in [4.69, 9.17) is 5.26 Å². The summed E-state index contributed by atoms with van der Waals surface area (Å²) in [5, 5.41) is 8.90. The van der Waals surface area contributed by atoms with Crippen LogP contribution in [-0.2, 0) is 4.79 Å². The lowest BCUT2D eigenvalue weighted by atomic mass is 9.85. The Labute approximate surface area is 141 Å². The molecule has 1 spiro atoms. The number of likely N-dealkylation sites (tertiary alicyclic amines) is 2. The Bertz CT molecular complexity index is 717. The fourth-order valence-electron chi connectivity index (χ4n) is 4.25. The van der Waals surface area contributed by atoms with Gasteiger partial charge in [0.2, 0.25) is 5.91 Å². The lowest BCUT2D eigenvalue weighted by molar-refractivity contribution is -0.146. The normalized spacial score (nSPS) is 26.7. The standard InChI is InChI=1S/C19H21N3O2/c20-13-14-3-5-15(6-4-14)17(23)22-12-2-10-19(22)9-1-11-21(18(19)24)16-7-8-16/h3-6,16H,1-2,7-12H2. The highest BCUT2D eigenvalue weighted by atomic mass is 16.2. The maximum absolute atomic E-state index is 13.2. The fourth-order valence-corrected chi connectivity index (χ4v) is 4.25. The van der Waals surface area contributed by atoms with Crippen molar-refractivity contribution in [2.24, 2.45) is 0 Å². The average molecular weight is 323 g/mol. The average Bonchev–Trinajstić information content (AvgIpc) is 3.37. The van der Waals surface area contributed by atoms with E-state index in [2.05, 4.69) is 6.07 Å². The van der Waals surface area contributed by atoms with Gasteiger partial charge in [-0.15, -0.1) is 0 Å². The number of amides is 2. The molecule has 2 saturated heterocycles. The summed E-state index contributed by atoms with van der Waals surface area (Å²) in [6.07, 6.45) is 5.61. The molecule has 0 radical (unpaired) electrons. The van der Waals surface area contributed by atoms with E-state index in [0.717, 1.165) is 45.1 Å². The topological polar surface area (TPSA) is 64.4 Å². The maximum Gasteiger partial charge on any atom is 0.254 e. The molecule has 1 aromatic rings. The third kappa shape index (κ3) is 2.29. The molecule has 0 aromatic heterocycles. The molecule has 1 unspecified atom stereocenters. The van der Waals surface area contributed by atoms with Gasteiger partial charge in [-0.1, -0.05) is 0 Å². The van der Waals surface area contributed by atoms with Crippen LogP contribution in [0.5, 0.6) is 0 Å². The minimum Gasteiger partial charge on any atom is -0.338 e. The number of hydrogen-bond acceptors (Lipinski definition) is 3. The Morgan fingerprint density at radius 1 is 1.12 bits per heavy atom. The van der Waals surface area contributed by atoms with Crippen molar-refractivity contribution in [1.82, 2.24) is 9.80 Å². The number of benzene rings is 1. The van der Waals surface area contributed by atoms with Crippen molar-refractivity contribution in [3.63, 3.8) is 0 Å². The fraction of sp³-hybridized carbons (Fsp3) is 0.526. The van der Waals surface area contributed by atoms with Crippen molar-refractivity contribution >= 4 is 11.8 Å². The van der Waals surface area contributed by atoms with E-state index in [1.165, 1.54) is 0 Å². The van der Waals surface area contributed by atoms with Crippen LogP contribution < -0.4 is 0 Å². The zero-order valence-corrected chi connectivity index (χ0v) is 13.7. The third-order valence-corrected chi connectivity index (χ3v) is 5.63. The molecule has 0 bridgehead atoms. The van der Waals surface area contributed by atoms with Crippen LogP contribution in [0.4, 0.5) is 0 Å². The van der Waals surface area contributed by atoms with Crippen LogP contribution in [0, 0.1) is 11.3 Å². The van der Waals surface area contributed by atoms with Gasteiger partial charge in [0, 0.05) is 24.7 Å². The van der Waals surface area contributed by atoms with E-state index in [1.54, 1.807) is 24.3 Å². The summed E-state index contributed by atoms with van der Waals surface area (Å²) in [5.41, 5.74) is 0.467. The van der Waals surface area contributed by atoms with Gasteiger partial charge in [0.1, 0.15) is 5.54 Å². The van der Waals surface area contributed by atoms with Crippen molar-refractivity contribution in [1.29, 1.82) is 5.26 Å². The molecule has 5 nitrogen and oxygen atoms in total. The molecule has 4 rings (SSSR count). The lowest BCUT2D eigenvalue weighted by Gasteiger charge is -2.44. The molecule has 3 fully saturated rings. The lowest BCUT2D eigenvalue weighted by Crippen LogP contribution is -2.61. The van der Waals surface area contributed by atoms with Crippen molar-refractivity contribution in [3.05, 3.63) is 35.4 Å². The summed E-state index contributed by atoms with van der Waals surface area (Å²) >= 11 is 0. The second-order valence-corrected chi connectivity index (χ2v) is 7.11. The number of hydrogen-bond donors (Lipinski definition) is 0. The zero-order chi connectivity index (χ0) is 16.7. The number of nitrogens with zero attached hydrogens (tertiary/aromatic N) is 3. The molecule has 124 valence electrons. The minimum atomic E-state index is -0.633. The van der Waals surface area contributed by atoms with Gasteiger partial charge in [0.15, 0.2) is 0 Å². The summed E-state index contributed by atoms with van der Waals surface area (Å²) < 4.78 is 0. The van der Waals surface area contributed by atoms with Crippen LogP contribution in [-0.4, -0.2) is 46.3 Å². The molecule has 24 heavy (non-hydrogen) atoms. The van der Waals surface area contributed by atoms with Crippen LogP contribution in [0.2, 0.25) is 0 Å². The van der Waals surface area contributed by atoms with E-state index in [1.807, 2.05) is 9.80 Å². The first kappa shape index (κ1) is 15.2. The maximum atomic E-state index is 13.2. The molecule has 3 aliphatic rings. The van der Waals surface area contributed by atoms with Gasteiger partial charge in [-0.05, 0) is 62.8 Å². The predicted octanol–water partition coefficient (Wildman–Crippen LogP) is 2.32. The Morgan fingerprint density at radius 3 is 2.42 bits per heavy atom. The third-order valence-electron chi connectivity index (χ3n) is 5.63. The van der Waals surface area contributed by atoms with Gasteiger partial charge < -0.3 is 9.80 Å². The molecule has 1 saturated carbocycles. The largest absolute Gasteiger partial charge is 0.338 e. The quantitative estimate of drug-likeness (QED) is 0.839.